The molecule has 0 aliphatic rings. The third-order valence-corrected chi connectivity index (χ3v) is 9.68. The lowest BCUT2D eigenvalue weighted by atomic mass is 10.1. The summed E-state index contributed by atoms with van der Waals surface area (Å²) in [6.07, 6.45) is 0. The highest BCUT2D eigenvalue weighted by Gasteiger charge is 2.30. The molecule has 0 radical (unpaired) electrons. The number of benzene rings is 4. The number of rotatable bonds is 3. The van der Waals surface area contributed by atoms with Gasteiger partial charge in [-0.3, -0.25) is 0 Å². The van der Waals surface area contributed by atoms with Crippen LogP contribution in [0, 0.1) is 6.92 Å². The van der Waals surface area contributed by atoms with Crippen molar-refractivity contribution < 1.29 is 8.42 Å². The van der Waals surface area contributed by atoms with Gasteiger partial charge in [0.05, 0.1) is 24.0 Å². The first-order valence-corrected chi connectivity index (χ1v) is 15.4. The second-order valence-electron chi connectivity index (χ2n) is 9.22. The highest BCUT2D eigenvalue weighted by molar-refractivity contribution is 7.90. The quantitative estimate of drug-likeness (QED) is 0.319. The lowest BCUT2D eigenvalue weighted by Crippen LogP contribution is -2.40. The van der Waals surface area contributed by atoms with Crippen LogP contribution in [0.5, 0.6) is 0 Å². The van der Waals surface area contributed by atoms with Crippen LogP contribution < -0.4 is 5.19 Å². The molecule has 0 N–H and O–H groups in total. The summed E-state index contributed by atoms with van der Waals surface area (Å²) in [5.41, 5.74) is 2.60. The molecule has 1 heterocycles. The standard InChI is InChI=1S/C26H25NO2SSi/c1-18-13-15-20(16-14-18)30(28,29)27-24-12-8-7-11-22(24)23-17-19-9-5-6-10-21(19)26(25(23)27)31(2,3)4/h5-17H,1-4H3. The number of aryl methyl sites for hydroxylation is 1. The Kier molecular flexibility index (Phi) is 4.40. The van der Waals surface area contributed by atoms with Gasteiger partial charge in [0.2, 0.25) is 0 Å². The van der Waals surface area contributed by atoms with Crippen LogP contribution in [0.3, 0.4) is 0 Å². The lowest BCUT2D eigenvalue weighted by Gasteiger charge is -2.23. The minimum absolute atomic E-state index is 0.315. The molecule has 0 aliphatic carbocycles. The number of fused-ring (bicyclic) bond motifs is 4. The summed E-state index contributed by atoms with van der Waals surface area (Å²) in [5, 5.41) is 5.47. The summed E-state index contributed by atoms with van der Waals surface area (Å²) in [6.45, 7) is 8.82. The zero-order valence-corrected chi connectivity index (χ0v) is 20.0. The molecule has 0 aliphatic heterocycles. The van der Waals surface area contributed by atoms with E-state index in [4.69, 9.17) is 0 Å². The van der Waals surface area contributed by atoms with E-state index >= 15 is 0 Å². The summed E-state index contributed by atoms with van der Waals surface area (Å²) in [6, 6.07) is 25.5. The zero-order valence-electron chi connectivity index (χ0n) is 18.2. The van der Waals surface area contributed by atoms with E-state index in [2.05, 4.69) is 37.8 Å². The molecule has 3 nitrogen and oxygen atoms in total. The van der Waals surface area contributed by atoms with E-state index in [0.717, 1.165) is 38.1 Å². The van der Waals surface area contributed by atoms with Crippen molar-refractivity contribution in [3.8, 4) is 0 Å². The van der Waals surface area contributed by atoms with Gasteiger partial charge in [0, 0.05) is 10.8 Å². The molecule has 5 aromatic rings. The summed E-state index contributed by atoms with van der Waals surface area (Å²) in [5.74, 6) is 0. The number of hydrogen-bond acceptors (Lipinski definition) is 2. The Hall–Kier alpha value is -2.89. The maximum absolute atomic E-state index is 14.0. The largest absolute Gasteiger partial charge is 0.268 e. The summed E-state index contributed by atoms with van der Waals surface area (Å²) in [7, 11) is -5.71. The smallest absolute Gasteiger partial charge is 0.233 e. The molecule has 0 bridgehead atoms. The molecule has 0 unspecified atom stereocenters. The molecule has 5 rings (SSSR count). The molecule has 0 amide bonds. The predicted molar refractivity (Wildman–Crippen MR) is 134 cm³/mol. The highest BCUT2D eigenvalue weighted by Crippen LogP contribution is 2.35. The Morgan fingerprint density at radius 1 is 0.742 bits per heavy atom. The molecule has 0 spiro atoms. The van der Waals surface area contributed by atoms with E-state index in [1.54, 1.807) is 16.1 Å². The van der Waals surface area contributed by atoms with Gasteiger partial charge in [0.25, 0.3) is 10.0 Å². The van der Waals surface area contributed by atoms with Crippen LogP contribution in [-0.4, -0.2) is 20.5 Å². The highest BCUT2D eigenvalue weighted by atomic mass is 32.2. The van der Waals surface area contributed by atoms with Gasteiger partial charge >= 0.3 is 0 Å². The molecule has 4 aromatic carbocycles. The van der Waals surface area contributed by atoms with Gasteiger partial charge in [-0.25, -0.2) is 12.4 Å². The third kappa shape index (κ3) is 3.03. The average molecular weight is 444 g/mol. The van der Waals surface area contributed by atoms with E-state index in [0.29, 0.717) is 4.90 Å². The first-order valence-electron chi connectivity index (χ1n) is 10.5. The average Bonchev–Trinajstić information content (AvgIpc) is 3.06. The molecule has 0 saturated heterocycles. The fourth-order valence-electron chi connectivity index (χ4n) is 4.58. The zero-order chi connectivity index (χ0) is 22.0. The van der Waals surface area contributed by atoms with Crippen LogP contribution in [0.1, 0.15) is 5.56 Å². The summed E-state index contributed by atoms with van der Waals surface area (Å²) < 4.78 is 29.7. The van der Waals surface area contributed by atoms with Crippen molar-refractivity contribution in [1.82, 2.24) is 3.97 Å². The van der Waals surface area contributed by atoms with Crippen LogP contribution in [-0.2, 0) is 10.0 Å². The predicted octanol–water partition coefficient (Wildman–Crippen LogP) is 6.04. The molecule has 0 fully saturated rings. The fourth-order valence-corrected chi connectivity index (χ4v) is 8.19. The fraction of sp³-hybridized carbons (Fsp3) is 0.154. The Balaban J connectivity index is 2.06. The minimum Gasteiger partial charge on any atom is -0.233 e. The summed E-state index contributed by atoms with van der Waals surface area (Å²) >= 11 is 0. The molecule has 0 saturated carbocycles. The van der Waals surface area contributed by atoms with Crippen LogP contribution in [0.2, 0.25) is 19.6 Å². The van der Waals surface area contributed by atoms with Crippen LogP contribution in [0.4, 0.5) is 0 Å². The lowest BCUT2D eigenvalue weighted by molar-refractivity contribution is 0.590. The van der Waals surface area contributed by atoms with Crippen LogP contribution in [0.25, 0.3) is 32.6 Å². The van der Waals surface area contributed by atoms with E-state index in [9.17, 15) is 8.42 Å². The van der Waals surface area contributed by atoms with Crippen molar-refractivity contribution in [2.24, 2.45) is 0 Å². The molecular weight excluding hydrogens is 418 g/mol. The summed E-state index contributed by atoms with van der Waals surface area (Å²) in [4.78, 5) is 0.315. The minimum atomic E-state index is -3.78. The van der Waals surface area contributed by atoms with Crippen molar-refractivity contribution in [2.45, 2.75) is 31.5 Å². The van der Waals surface area contributed by atoms with Crippen molar-refractivity contribution in [3.63, 3.8) is 0 Å². The number of aromatic nitrogens is 1. The molecule has 31 heavy (non-hydrogen) atoms. The topological polar surface area (TPSA) is 39.1 Å². The number of para-hydroxylation sites is 1. The Labute approximate surface area is 184 Å². The first-order chi connectivity index (χ1) is 14.7. The first kappa shape index (κ1) is 20.0. The van der Waals surface area contributed by atoms with Gasteiger partial charge in [-0.2, -0.15) is 0 Å². The van der Waals surface area contributed by atoms with Crippen molar-refractivity contribution in [2.75, 3.05) is 0 Å². The molecule has 5 heteroatoms. The van der Waals surface area contributed by atoms with E-state index in [1.807, 2.05) is 55.5 Å². The molecule has 156 valence electrons. The Bertz CT molecular complexity index is 1570. The Morgan fingerprint density at radius 2 is 1.35 bits per heavy atom. The second kappa shape index (κ2) is 6.80. The van der Waals surface area contributed by atoms with Gasteiger partial charge in [0.15, 0.2) is 0 Å². The van der Waals surface area contributed by atoms with Gasteiger partial charge in [-0.1, -0.05) is 79.8 Å². The molecule has 1 aromatic heterocycles. The molecule has 0 atom stereocenters. The SMILES string of the molecule is Cc1ccc(S(=O)(=O)n2c3ccccc3c3cc4ccccc4c([Si](C)(C)C)c32)cc1. The monoisotopic (exact) mass is 443 g/mol. The normalized spacial score (nSPS) is 12.8. The van der Waals surface area contributed by atoms with Crippen LogP contribution >= 0.6 is 0 Å². The van der Waals surface area contributed by atoms with E-state index in [-0.39, 0.29) is 0 Å². The maximum Gasteiger partial charge on any atom is 0.268 e. The van der Waals surface area contributed by atoms with Gasteiger partial charge in [-0.15, -0.1) is 0 Å². The van der Waals surface area contributed by atoms with Gasteiger partial charge in [-0.05, 0) is 47.1 Å². The van der Waals surface area contributed by atoms with Crippen molar-refractivity contribution in [1.29, 1.82) is 0 Å². The van der Waals surface area contributed by atoms with E-state index in [1.165, 1.54) is 5.19 Å². The van der Waals surface area contributed by atoms with Crippen LogP contribution in [0.15, 0.2) is 83.8 Å². The third-order valence-electron chi connectivity index (χ3n) is 5.95. The van der Waals surface area contributed by atoms with Crippen molar-refractivity contribution in [3.05, 3.63) is 84.4 Å². The number of nitrogens with zero attached hydrogens (tertiary/aromatic N) is 1. The molecular formula is C26H25NO2SSi. The van der Waals surface area contributed by atoms with Gasteiger partial charge in [0.1, 0.15) is 0 Å². The van der Waals surface area contributed by atoms with Crippen molar-refractivity contribution >= 4 is 55.9 Å². The van der Waals surface area contributed by atoms with E-state index < -0.39 is 18.1 Å². The van der Waals surface area contributed by atoms with Gasteiger partial charge < -0.3 is 0 Å². The number of hydrogen-bond donors (Lipinski definition) is 0. The second-order valence-corrected chi connectivity index (χ2v) is 16.0. The Morgan fingerprint density at radius 3 is 2.03 bits per heavy atom. The maximum atomic E-state index is 14.0.